The molecule has 0 saturated carbocycles. The number of aromatic nitrogens is 2. The van der Waals surface area contributed by atoms with Gasteiger partial charge in [0, 0.05) is 29.3 Å². The molecule has 2 aromatic rings. The average molecular weight is 209 g/mol. The van der Waals surface area contributed by atoms with Crippen molar-refractivity contribution in [1.29, 1.82) is 0 Å². The number of hydrogen-bond acceptors (Lipinski definition) is 4. The van der Waals surface area contributed by atoms with Crippen molar-refractivity contribution < 1.29 is 0 Å². The quantitative estimate of drug-likeness (QED) is 0.796. The van der Waals surface area contributed by atoms with Gasteiger partial charge in [-0.1, -0.05) is 6.92 Å². The maximum Gasteiger partial charge on any atom is 0.258 e. The van der Waals surface area contributed by atoms with Gasteiger partial charge in [-0.2, -0.15) is 0 Å². The van der Waals surface area contributed by atoms with Gasteiger partial charge in [-0.3, -0.25) is 9.20 Å². The molecule has 0 aliphatic carbocycles. The number of hydrogen-bond donors (Lipinski definition) is 1. The molecule has 0 aromatic carbocycles. The summed E-state index contributed by atoms with van der Waals surface area (Å²) in [4.78, 5) is 17.4. The maximum absolute atomic E-state index is 11.4. The Kier molecular flexibility index (Phi) is 2.35. The van der Waals surface area contributed by atoms with Gasteiger partial charge in [0.05, 0.1) is 0 Å². The molecule has 74 valence electrons. The Morgan fingerprint density at radius 3 is 3.14 bits per heavy atom. The highest BCUT2D eigenvalue weighted by Gasteiger charge is 2.09. The van der Waals surface area contributed by atoms with E-state index in [1.807, 2.05) is 13.1 Å². The normalized spacial score (nSPS) is 13.3. The first-order valence-corrected chi connectivity index (χ1v) is 5.21. The zero-order valence-electron chi connectivity index (χ0n) is 7.80. The molecule has 5 heteroatoms. The molecule has 0 radical (unpaired) electrons. The van der Waals surface area contributed by atoms with Crippen LogP contribution in [0.1, 0.15) is 17.7 Å². The molecule has 0 fully saturated rings. The Morgan fingerprint density at radius 1 is 1.71 bits per heavy atom. The molecule has 2 rings (SSSR count). The van der Waals surface area contributed by atoms with Gasteiger partial charge in [-0.15, -0.1) is 11.3 Å². The number of fused-ring (bicyclic) bond motifs is 1. The smallest absolute Gasteiger partial charge is 0.258 e. The Balaban J connectivity index is 2.62. The van der Waals surface area contributed by atoms with Crippen LogP contribution in [0.5, 0.6) is 0 Å². The van der Waals surface area contributed by atoms with Gasteiger partial charge in [-0.05, 0) is 6.54 Å². The first-order chi connectivity index (χ1) is 6.72. The zero-order valence-corrected chi connectivity index (χ0v) is 8.62. The Morgan fingerprint density at radius 2 is 2.50 bits per heavy atom. The second kappa shape index (κ2) is 3.51. The Hall–Kier alpha value is -1.20. The van der Waals surface area contributed by atoms with E-state index in [0.717, 1.165) is 9.84 Å². The molecule has 1 unspecified atom stereocenters. The Bertz CT molecular complexity index is 502. The average Bonchev–Trinajstić information content (AvgIpc) is 2.62. The van der Waals surface area contributed by atoms with E-state index in [1.54, 1.807) is 4.40 Å². The summed E-state index contributed by atoms with van der Waals surface area (Å²) in [6, 6.07) is 1.45. The molecule has 0 spiro atoms. The van der Waals surface area contributed by atoms with E-state index in [9.17, 15) is 4.79 Å². The minimum atomic E-state index is -0.0401. The summed E-state index contributed by atoms with van der Waals surface area (Å²) in [7, 11) is 0. The third-order valence-corrected chi connectivity index (χ3v) is 3.38. The lowest BCUT2D eigenvalue weighted by Gasteiger charge is -2.01. The van der Waals surface area contributed by atoms with Gasteiger partial charge in [0.15, 0.2) is 4.96 Å². The van der Waals surface area contributed by atoms with Crippen LogP contribution in [0, 0.1) is 0 Å². The monoisotopic (exact) mass is 209 g/mol. The van der Waals surface area contributed by atoms with Gasteiger partial charge in [-0.25, -0.2) is 4.98 Å². The molecule has 2 N–H and O–H groups in total. The molecular weight excluding hydrogens is 198 g/mol. The topological polar surface area (TPSA) is 60.4 Å². The summed E-state index contributed by atoms with van der Waals surface area (Å²) in [6.07, 6.45) is 3.36. The van der Waals surface area contributed by atoms with E-state index in [1.165, 1.54) is 23.6 Å². The van der Waals surface area contributed by atoms with Crippen molar-refractivity contribution in [2.75, 3.05) is 6.54 Å². The van der Waals surface area contributed by atoms with Crippen LogP contribution < -0.4 is 11.3 Å². The van der Waals surface area contributed by atoms with E-state index >= 15 is 0 Å². The fraction of sp³-hybridized carbons (Fsp3) is 0.333. The van der Waals surface area contributed by atoms with Crippen LogP contribution in [0.4, 0.5) is 0 Å². The van der Waals surface area contributed by atoms with Crippen LogP contribution in [0.3, 0.4) is 0 Å². The van der Waals surface area contributed by atoms with E-state index in [0.29, 0.717) is 6.54 Å². The number of nitrogens with two attached hydrogens (primary N) is 1. The van der Waals surface area contributed by atoms with Crippen molar-refractivity contribution in [3.8, 4) is 0 Å². The summed E-state index contributed by atoms with van der Waals surface area (Å²) in [5.41, 5.74) is 5.52. The maximum atomic E-state index is 11.4. The van der Waals surface area contributed by atoms with E-state index in [-0.39, 0.29) is 11.5 Å². The number of rotatable bonds is 2. The summed E-state index contributed by atoms with van der Waals surface area (Å²) in [6.45, 7) is 2.62. The van der Waals surface area contributed by atoms with Crippen molar-refractivity contribution in [3.63, 3.8) is 0 Å². The van der Waals surface area contributed by atoms with Crippen molar-refractivity contribution >= 4 is 16.3 Å². The summed E-state index contributed by atoms with van der Waals surface area (Å²) in [5.74, 6) is 0.279. The number of thiazole rings is 1. The summed E-state index contributed by atoms with van der Waals surface area (Å²) in [5, 5.41) is 0. The van der Waals surface area contributed by atoms with Crippen LogP contribution in [0.15, 0.2) is 23.3 Å². The lowest BCUT2D eigenvalue weighted by atomic mass is 10.2. The van der Waals surface area contributed by atoms with Crippen molar-refractivity contribution in [3.05, 3.63) is 33.7 Å². The van der Waals surface area contributed by atoms with Gasteiger partial charge in [0.25, 0.3) is 5.56 Å². The fourth-order valence-electron chi connectivity index (χ4n) is 1.20. The van der Waals surface area contributed by atoms with Crippen molar-refractivity contribution in [2.45, 2.75) is 12.8 Å². The lowest BCUT2D eigenvalue weighted by molar-refractivity contribution is 0.784. The molecule has 0 bridgehead atoms. The highest BCUT2D eigenvalue weighted by Crippen LogP contribution is 2.21. The van der Waals surface area contributed by atoms with Crippen molar-refractivity contribution in [1.82, 2.24) is 9.38 Å². The molecule has 0 aliphatic rings. The predicted molar refractivity (Wildman–Crippen MR) is 56.8 cm³/mol. The summed E-state index contributed by atoms with van der Waals surface area (Å²) < 4.78 is 1.56. The van der Waals surface area contributed by atoms with E-state index in [4.69, 9.17) is 5.73 Å². The van der Waals surface area contributed by atoms with Crippen LogP contribution in [0.2, 0.25) is 0 Å². The molecule has 4 nitrogen and oxygen atoms in total. The SMILES string of the molecule is CC(CN)c1cn2c(=O)ccnc2s1. The largest absolute Gasteiger partial charge is 0.330 e. The van der Waals surface area contributed by atoms with Gasteiger partial charge >= 0.3 is 0 Å². The van der Waals surface area contributed by atoms with Gasteiger partial charge in [0.2, 0.25) is 0 Å². The van der Waals surface area contributed by atoms with Crippen molar-refractivity contribution in [2.24, 2.45) is 5.73 Å². The van der Waals surface area contributed by atoms with E-state index in [2.05, 4.69) is 4.98 Å². The molecule has 2 aromatic heterocycles. The zero-order chi connectivity index (χ0) is 10.1. The molecule has 2 heterocycles. The number of nitrogens with zero attached hydrogens (tertiary/aromatic N) is 2. The van der Waals surface area contributed by atoms with Gasteiger partial charge < -0.3 is 5.73 Å². The predicted octanol–water partition coefficient (Wildman–Crippen LogP) is 0.818. The second-order valence-corrected chi connectivity index (χ2v) is 4.25. The van der Waals surface area contributed by atoms with Gasteiger partial charge in [0.1, 0.15) is 0 Å². The highest BCUT2D eigenvalue weighted by atomic mass is 32.1. The molecule has 14 heavy (non-hydrogen) atoms. The molecule has 0 amide bonds. The molecule has 1 atom stereocenters. The lowest BCUT2D eigenvalue weighted by Crippen LogP contribution is -2.10. The second-order valence-electron chi connectivity index (χ2n) is 3.21. The Labute approximate surface area is 85.0 Å². The first-order valence-electron chi connectivity index (χ1n) is 4.39. The fourth-order valence-corrected chi connectivity index (χ4v) is 2.22. The molecule has 0 saturated heterocycles. The van der Waals surface area contributed by atoms with Crippen LogP contribution in [0.25, 0.3) is 4.96 Å². The standard InChI is InChI=1S/C9H11N3OS/c1-6(4-10)7-5-12-8(13)2-3-11-9(12)14-7/h2-3,5-6H,4,10H2,1H3. The minimum Gasteiger partial charge on any atom is -0.330 e. The van der Waals surface area contributed by atoms with Crippen LogP contribution >= 0.6 is 11.3 Å². The third kappa shape index (κ3) is 1.44. The summed E-state index contributed by atoms with van der Waals surface area (Å²) >= 11 is 1.52. The van der Waals surface area contributed by atoms with Crippen LogP contribution in [-0.4, -0.2) is 15.9 Å². The molecule has 0 aliphatic heterocycles. The first kappa shape index (κ1) is 9.36. The molecular formula is C9H11N3OS. The third-order valence-electron chi connectivity index (χ3n) is 2.15. The van der Waals surface area contributed by atoms with E-state index < -0.39 is 0 Å². The van der Waals surface area contributed by atoms with Crippen LogP contribution in [-0.2, 0) is 0 Å². The minimum absolute atomic E-state index is 0.0401. The highest BCUT2D eigenvalue weighted by molar-refractivity contribution is 7.17.